The smallest absolute Gasteiger partial charge is 0.341 e. The molecule has 4 nitrogen and oxygen atoms in total. The number of benzene rings is 2. The Morgan fingerprint density at radius 1 is 1.25 bits per heavy atom. The minimum absolute atomic E-state index is 0.220. The van der Waals surface area contributed by atoms with Gasteiger partial charge in [-0.2, -0.15) is 0 Å². The first-order valence-corrected chi connectivity index (χ1v) is 8.22. The number of para-hydroxylation sites is 1. The molecule has 0 spiro atoms. The summed E-state index contributed by atoms with van der Waals surface area (Å²) in [5.41, 5.74) is 2.41. The highest BCUT2D eigenvalue weighted by molar-refractivity contribution is 9.10. The largest absolute Gasteiger partial charge is 0.452 e. The van der Waals surface area contributed by atoms with Gasteiger partial charge >= 0.3 is 5.97 Å². The van der Waals surface area contributed by atoms with Crippen molar-refractivity contribution < 1.29 is 18.7 Å². The van der Waals surface area contributed by atoms with Crippen LogP contribution in [-0.2, 0) is 16.0 Å². The quantitative estimate of drug-likeness (QED) is 0.772. The van der Waals surface area contributed by atoms with Gasteiger partial charge in [0.05, 0.1) is 5.56 Å². The Morgan fingerprint density at radius 2 is 2.00 bits per heavy atom. The van der Waals surface area contributed by atoms with Gasteiger partial charge in [-0.05, 0) is 42.7 Å². The first-order chi connectivity index (χ1) is 11.4. The van der Waals surface area contributed by atoms with Gasteiger partial charge in [0.2, 0.25) is 0 Å². The van der Waals surface area contributed by atoms with Crippen LogP contribution in [0.25, 0.3) is 0 Å². The van der Waals surface area contributed by atoms with Crippen LogP contribution in [0.4, 0.5) is 10.1 Å². The van der Waals surface area contributed by atoms with E-state index in [2.05, 4.69) is 21.2 Å². The minimum atomic E-state index is -0.885. The summed E-state index contributed by atoms with van der Waals surface area (Å²) in [4.78, 5) is 23.9. The van der Waals surface area contributed by atoms with E-state index in [9.17, 15) is 14.0 Å². The Morgan fingerprint density at radius 3 is 2.71 bits per heavy atom. The van der Waals surface area contributed by atoms with Gasteiger partial charge in [-0.1, -0.05) is 41.1 Å². The fourth-order valence-corrected chi connectivity index (χ4v) is 2.60. The Balaban J connectivity index is 2.01. The zero-order valence-electron chi connectivity index (χ0n) is 13.4. The summed E-state index contributed by atoms with van der Waals surface area (Å²) in [6.45, 7) is 3.39. The maximum atomic E-state index is 13.6. The highest BCUT2D eigenvalue weighted by atomic mass is 79.9. The lowest BCUT2D eigenvalue weighted by atomic mass is 10.1. The molecule has 0 atom stereocenters. The summed E-state index contributed by atoms with van der Waals surface area (Å²) >= 11 is 3.16. The molecule has 0 aromatic heterocycles. The number of anilines is 1. The molecule has 24 heavy (non-hydrogen) atoms. The normalized spacial score (nSPS) is 10.3. The van der Waals surface area contributed by atoms with Crippen molar-refractivity contribution >= 4 is 33.5 Å². The number of hydrogen-bond donors (Lipinski definition) is 1. The lowest BCUT2D eigenvalue weighted by Crippen LogP contribution is -2.22. The number of ether oxygens (including phenoxy) is 1. The fraction of sp³-hybridized carbons (Fsp3) is 0.222. The van der Waals surface area contributed by atoms with Crippen molar-refractivity contribution in [3.8, 4) is 0 Å². The van der Waals surface area contributed by atoms with Crippen LogP contribution in [0.3, 0.4) is 0 Å². The number of hydrogen-bond acceptors (Lipinski definition) is 3. The third kappa shape index (κ3) is 4.41. The number of nitrogens with one attached hydrogen (secondary N) is 1. The molecular formula is C18H17BrFNO3. The molecule has 0 bridgehead atoms. The predicted molar refractivity (Wildman–Crippen MR) is 93.6 cm³/mol. The van der Waals surface area contributed by atoms with Crippen LogP contribution in [0.15, 0.2) is 40.9 Å². The molecule has 0 radical (unpaired) electrons. The van der Waals surface area contributed by atoms with E-state index in [-0.39, 0.29) is 5.56 Å². The molecule has 6 heteroatoms. The Labute approximate surface area is 148 Å². The number of carbonyl (C=O) groups excluding carboxylic acids is 2. The summed E-state index contributed by atoms with van der Waals surface area (Å²) < 4.78 is 19.1. The van der Waals surface area contributed by atoms with E-state index >= 15 is 0 Å². The Kier molecular flexibility index (Phi) is 6.09. The summed E-state index contributed by atoms with van der Waals surface area (Å²) in [5, 5.41) is 2.74. The van der Waals surface area contributed by atoms with Crippen molar-refractivity contribution in [3.05, 3.63) is 63.4 Å². The van der Waals surface area contributed by atoms with Crippen molar-refractivity contribution in [1.29, 1.82) is 0 Å². The number of carbonyl (C=O) groups is 2. The number of aryl methyl sites for hydroxylation is 2. The molecule has 0 aliphatic carbocycles. The van der Waals surface area contributed by atoms with E-state index in [0.717, 1.165) is 29.3 Å². The lowest BCUT2D eigenvalue weighted by Gasteiger charge is -2.13. The SMILES string of the molecule is CCc1cccc(C)c1NC(=O)COC(=O)c1cc(Br)ccc1F. The van der Waals surface area contributed by atoms with Crippen molar-refractivity contribution in [1.82, 2.24) is 0 Å². The van der Waals surface area contributed by atoms with Crippen LogP contribution in [0.5, 0.6) is 0 Å². The van der Waals surface area contributed by atoms with E-state index in [0.29, 0.717) is 4.47 Å². The lowest BCUT2D eigenvalue weighted by molar-refractivity contribution is -0.119. The fourth-order valence-electron chi connectivity index (χ4n) is 2.24. The molecule has 0 fully saturated rings. The third-order valence-electron chi connectivity index (χ3n) is 3.49. The molecule has 2 aromatic rings. The summed E-state index contributed by atoms with van der Waals surface area (Å²) in [5.74, 6) is -2.05. The van der Waals surface area contributed by atoms with Gasteiger partial charge in [0, 0.05) is 10.2 Å². The number of rotatable bonds is 5. The van der Waals surface area contributed by atoms with Gasteiger partial charge in [0.15, 0.2) is 6.61 Å². The van der Waals surface area contributed by atoms with Gasteiger partial charge in [0.25, 0.3) is 5.91 Å². The van der Waals surface area contributed by atoms with E-state index in [1.54, 1.807) is 0 Å². The highest BCUT2D eigenvalue weighted by Gasteiger charge is 2.16. The average molecular weight is 394 g/mol. The number of esters is 1. The maximum Gasteiger partial charge on any atom is 0.341 e. The minimum Gasteiger partial charge on any atom is -0.452 e. The van der Waals surface area contributed by atoms with Gasteiger partial charge in [0.1, 0.15) is 5.82 Å². The monoisotopic (exact) mass is 393 g/mol. The van der Waals surface area contributed by atoms with Gasteiger partial charge in [-0.15, -0.1) is 0 Å². The molecule has 0 aliphatic rings. The number of halogens is 2. The van der Waals surface area contributed by atoms with E-state index < -0.39 is 24.3 Å². The molecular weight excluding hydrogens is 377 g/mol. The van der Waals surface area contributed by atoms with Crippen molar-refractivity contribution in [2.75, 3.05) is 11.9 Å². The van der Waals surface area contributed by atoms with Crippen molar-refractivity contribution in [3.63, 3.8) is 0 Å². The average Bonchev–Trinajstić information content (AvgIpc) is 2.56. The van der Waals surface area contributed by atoms with Gasteiger partial charge in [-0.3, -0.25) is 4.79 Å². The van der Waals surface area contributed by atoms with Crippen LogP contribution in [0, 0.1) is 12.7 Å². The van der Waals surface area contributed by atoms with E-state index in [4.69, 9.17) is 4.74 Å². The Bertz CT molecular complexity index is 777. The van der Waals surface area contributed by atoms with Gasteiger partial charge < -0.3 is 10.1 Å². The summed E-state index contributed by atoms with van der Waals surface area (Å²) in [6.07, 6.45) is 0.764. The Hall–Kier alpha value is -2.21. The number of amides is 1. The zero-order chi connectivity index (χ0) is 17.7. The van der Waals surface area contributed by atoms with Crippen LogP contribution >= 0.6 is 15.9 Å². The van der Waals surface area contributed by atoms with Crippen molar-refractivity contribution in [2.45, 2.75) is 20.3 Å². The highest BCUT2D eigenvalue weighted by Crippen LogP contribution is 2.21. The zero-order valence-corrected chi connectivity index (χ0v) is 14.9. The molecule has 0 saturated heterocycles. The third-order valence-corrected chi connectivity index (χ3v) is 3.98. The summed E-state index contributed by atoms with van der Waals surface area (Å²) in [6, 6.07) is 9.67. The molecule has 1 amide bonds. The van der Waals surface area contributed by atoms with Crippen LogP contribution in [0.1, 0.15) is 28.4 Å². The molecule has 126 valence electrons. The first-order valence-electron chi connectivity index (χ1n) is 7.43. The molecule has 1 N–H and O–H groups in total. The molecule has 2 rings (SSSR count). The van der Waals surface area contributed by atoms with Crippen LogP contribution in [0.2, 0.25) is 0 Å². The first kappa shape index (κ1) is 18.1. The van der Waals surface area contributed by atoms with E-state index in [1.807, 2.05) is 32.0 Å². The van der Waals surface area contributed by atoms with Crippen LogP contribution in [-0.4, -0.2) is 18.5 Å². The second-order valence-electron chi connectivity index (χ2n) is 5.21. The second kappa shape index (κ2) is 8.06. The molecule has 0 saturated carbocycles. The van der Waals surface area contributed by atoms with Crippen LogP contribution < -0.4 is 5.32 Å². The predicted octanol–water partition coefficient (Wildman–Crippen LogP) is 4.25. The molecule has 0 unspecified atom stereocenters. The topological polar surface area (TPSA) is 55.4 Å². The molecule has 2 aromatic carbocycles. The van der Waals surface area contributed by atoms with Gasteiger partial charge in [-0.25, -0.2) is 9.18 Å². The maximum absolute atomic E-state index is 13.6. The summed E-state index contributed by atoms with van der Waals surface area (Å²) in [7, 11) is 0. The second-order valence-corrected chi connectivity index (χ2v) is 6.13. The standard InChI is InChI=1S/C18H17BrFNO3/c1-3-12-6-4-5-11(2)17(12)21-16(22)10-24-18(23)14-9-13(19)7-8-15(14)20/h4-9H,3,10H2,1-2H3,(H,21,22). The molecule has 0 aliphatic heterocycles. The van der Waals surface area contributed by atoms with Crippen molar-refractivity contribution in [2.24, 2.45) is 0 Å². The molecule has 0 heterocycles. The van der Waals surface area contributed by atoms with E-state index in [1.165, 1.54) is 12.1 Å².